The maximum Gasteiger partial charge on any atom is 0.343 e. The highest BCUT2D eigenvalue weighted by Crippen LogP contribution is 2.27. The normalized spacial score (nSPS) is 12.8. The molecule has 0 bridgehead atoms. The molecule has 0 spiro atoms. The predicted molar refractivity (Wildman–Crippen MR) is 129 cm³/mol. The van der Waals surface area contributed by atoms with Crippen LogP contribution < -0.4 is 19.8 Å². The van der Waals surface area contributed by atoms with Gasteiger partial charge < -0.3 is 28.4 Å². The number of methoxy groups -OCH3 is 2. The van der Waals surface area contributed by atoms with Gasteiger partial charge in [0.25, 0.3) is 11.5 Å². The summed E-state index contributed by atoms with van der Waals surface area (Å²) in [6.07, 6.45) is 1.90. The van der Waals surface area contributed by atoms with E-state index in [4.69, 9.17) is 18.9 Å². The molecule has 0 N–H and O–H groups in total. The number of benzene rings is 1. The second-order valence-corrected chi connectivity index (χ2v) is 7.99. The molecule has 3 aromatic rings. The highest BCUT2D eigenvalue weighted by Gasteiger charge is 2.27. The van der Waals surface area contributed by atoms with Gasteiger partial charge in [-0.25, -0.2) is 4.79 Å². The van der Waals surface area contributed by atoms with Gasteiger partial charge in [-0.05, 0) is 24.3 Å². The predicted octanol–water partition coefficient (Wildman–Crippen LogP) is 2.08. The van der Waals surface area contributed by atoms with Crippen molar-refractivity contribution in [2.45, 2.75) is 19.6 Å². The van der Waals surface area contributed by atoms with Gasteiger partial charge in [-0.15, -0.1) is 0 Å². The van der Waals surface area contributed by atoms with E-state index in [2.05, 4.69) is 4.98 Å². The Hall–Kier alpha value is -4.34. The second-order valence-electron chi connectivity index (χ2n) is 7.99. The number of fused-ring (bicyclic) bond motifs is 1. The zero-order chi connectivity index (χ0) is 25.5. The monoisotopic (exact) mass is 493 g/mol. The van der Waals surface area contributed by atoms with Crippen molar-refractivity contribution in [1.29, 1.82) is 0 Å². The molecule has 10 heteroatoms. The Balaban J connectivity index is 1.52. The lowest BCUT2D eigenvalue weighted by atomic mass is 10.1. The molecule has 0 atom stereocenters. The van der Waals surface area contributed by atoms with Gasteiger partial charge in [0.15, 0.2) is 18.1 Å². The SMILES string of the molecule is COC(=O)c1c(OCc2ccccn2)cc(=O)n2c1CCN(C(=O)COc1ccccc1OC)CC2. The molecule has 4 rings (SSSR count). The summed E-state index contributed by atoms with van der Waals surface area (Å²) < 4.78 is 23.2. The van der Waals surface area contributed by atoms with Gasteiger partial charge in [0.1, 0.15) is 17.9 Å². The van der Waals surface area contributed by atoms with Crippen molar-refractivity contribution in [3.05, 3.63) is 82.0 Å². The average Bonchev–Trinajstić information content (AvgIpc) is 3.14. The Kier molecular flexibility index (Phi) is 7.84. The summed E-state index contributed by atoms with van der Waals surface area (Å²) in [5.41, 5.74) is 0.961. The third kappa shape index (κ3) is 5.48. The number of pyridine rings is 2. The van der Waals surface area contributed by atoms with Crippen LogP contribution in [0.15, 0.2) is 59.5 Å². The van der Waals surface area contributed by atoms with E-state index in [1.165, 1.54) is 24.9 Å². The first kappa shape index (κ1) is 24.8. The first-order valence-corrected chi connectivity index (χ1v) is 11.4. The van der Waals surface area contributed by atoms with Gasteiger partial charge in [-0.3, -0.25) is 14.6 Å². The molecule has 188 valence electrons. The number of hydrogen-bond donors (Lipinski definition) is 0. The molecule has 0 radical (unpaired) electrons. The van der Waals surface area contributed by atoms with Gasteiger partial charge in [0, 0.05) is 44.0 Å². The summed E-state index contributed by atoms with van der Waals surface area (Å²) in [5.74, 6) is 0.261. The molecule has 36 heavy (non-hydrogen) atoms. The van der Waals surface area contributed by atoms with Crippen LogP contribution in [0.2, 0.25) is 0 Å². The molecule has 1 aliphatic heterocycles. The summed E-state index contributed by atoms with van der Waals surface area (Å²) in [7, 11) is 2.80. The smallest absolute Gasteiger partial charge is 0.343 e. The minimum Gasteiger partial charge on any atom is -0.493 e. The number of hydrogen-bond acceptors (Lipinski definition) is 8. The fourth-order valence-electron chi connectivity index (χ4n) is 4.04. The maximum atomic E-state index is 12.9. The van der Waals surface area contributed by atoms with Gasteiger partial charge in [-0.1, -0.05) is 18.2 Å². The van der Waals surface area contributed by atoms with E-state index in [0.717, 1.165) is 0 Å². The Morgan fingerprint density at radius 2 is 1.72 bits per heavy atom. The molecule has 0 saturated carbocycles. The summed E-state index contributed by atoms with van der Waals surface area (Å²) in [6.45, 7) is 0.697. The molecule has 1 aliphatic rings. The lowest BCUT2D eigenvalue weighted by Gasteiger charge is -2.20. The number of rotatable bonds is 8. The summed E-state index contributed by atoms with van der Waals surface area (Å²) in [6, 6.07) is 13.7. The minimum atomic E-state index is -0.617. The molecule has 3 heterocycles. The third-order valence-corrected chi connectivity index (χ3v) is 5.86. The van der Waals surface area contributed by atoms with E-state index in [1.807, 2.05) is 12.1 Å². The van der Waals surface area contributed by atoms with Gasteiger partial charge >= 0.3 is 5.97 Å². The van der Waals surface area contributed by atoms with Gasteiger partial charge in [0.05, 0.1) is 19.9 Å². The Morgan fingerprint density at radius 1 is 0.944 bits per heavy atom. The van der Waals surface area contributed by atoms with Crippen LogP contribution in [-0.4, -0.2) is 60.2 Å². The van der Waals surface area contributed by atoms with E-state index in [-0.39, 0.29) is 55.5 Å². The molecule has 0 saturated heterocycles. The maximum absolute atomic E-state index is 12.9. The van der Waals surface area contributed by atoms with Crippen LogP contribution >= 0.6 is 0 Å². The second kappa shape index (κ2) is 11.4. The van der Waals surface area contributed by atoms with Crippen LogP contribution in [0.1, 0.15) is 21.7 Å². The lowest BCUT2D eigenvalue weighted by molar-refractivity contribution is -0.133. The molecule has 1 aromatic carbocycles. The van der Waals surface area contributed by atoms with Crippen molar-refractivity contribution < 1.29 is 28.5 Å². The topological polar surface area (TPSA) is 109 Å². The zero-order valence-corrected chi connectivity index (χ0v) is 20.1. The Bertz CT molecular complexity index is 1290. The van der Waals surface area contributed by atoms with Crippen LogP contribution in [0.4, 0.5) is 0 Å². The molecular weight excluding hydrogens is 466 g/mol. The van der Waals surface area contributed by atoms with E-state index in [1.54, 1.807) is 41.4 Å². The fraction of sp³-hybridized carbons (Fsp3) is 0.308. The van der Waals surface area contributed by atoms with Gasteiger partial charge in [0.2, 0.25) is 0 Å². The van der Waals surface area contributed by atoms with Crippen LogP contribution in [0.25, 0.3) is 0 Å². The van der Waals surface area contributed by atoms with Crippen molar-refractivity contribution in [3.8, 4) is 17.2 Å². The summed E-state index contributed by atoms with van der Waals surface area (Å²) in [5, 5.41) is 0. The number of para-hydroxylation sites is 2. The number of ether oxygens (including phenoxy) is 4. The molecule has 1 amide bonds. The number of carbonyl (C=O) groups excluding carboxylic acids is 2. The first-order valence-electron chi connectivity index (χ1n) is 11.4. The summed E-state index contributed by atoms with van der Waals surface area (Å²) in [4.78, 5) is 44.4. The lowest BCUT2D eigenvalue weighted by Crippen LogP contribution is -2.37. The molecule has 0 unspecified atom stereocenters. The highest BCUT2D eigenvalue weighted by molar-refractivity contribution is 5.93. The standard InChI is InChI=1S/C26H27N3O7/c1-33-20-8-3-4-9-21(20)36-17-24(31)28-12-10-19-25(26(32)34-2)22(15-23(30)29(19)14-13-28)35-16-18-7-5-6-11-27-18/h3-9,11,15H,10,12-14,16-17H2,1-2H3. The largest absolute Gasteiger partial charge is 0.493 e. The van der Waals surface area contributed by atoms with Crippen LogP contribution in [0.3, 0.4) is 0 Å². The molecule has 0 aliphatic carbocycles. The Morgan fingerprint density at radius 3 is 2.44 bits per heavy atom. The van der Waals surface area contributed by atoms with Crippen molar-refractivity contribution >= 4 is 11.9 Å². The van der Waals surface area contributed by atoms with E-state index in [0.29, 0.717) is 29.4 Å². The van der Waals surface area contributed by atoms with Crippen LogP contribution in [0, 0.1) is 0 Å². The van der Waals surface area contributed by atoms with E-state index in [9.17, 15) is 14.4 Å². The van der Waals surface area contributed by atoms with Crippen molar-refractivity contribution in [1.82, 2.24) is 14.5 Å². The zero-order valence-electron chi connectivity index (χ0n) is 20.1. The number of nitrogens with zero attached hydrogens (tertiary/aromatic N) is 3. The molecule has 10 nitrogen and oxygen atoms in total. The van der Waals surface area contributed by atoms with Crippen LogP contribution in [-0.2, 0) is 29.1 Å². The fourth-order valence-corrected chi connectivity index (χ4v) is 4.04. The third-order valence-electron chi connectivity index (χ3n) is 5.86. The molecule has 0 fully saturated rings. The number of carbonyl (C=O) groups is 2. The first-order chi connectivity index (χ1) is 17.5. The van der Waals surface area contributed by atoms with Gasteiger partial charge in [-0.2, -0.15) is 0 Å². The van der Waals surface area contributed by atoms with Crippen molar-refractivity contribution in [2.24, 2.45) is 0 Å². The minimum absolute atomic E-state index is 0.0820. The van der Waals surface area contributed by atoms with Crippen LogP contribution in [0.5, 0.6) is 17.2 Å². The quantitative estimate of drug-likeness (QED) is 0.439. The van der Waals surface area contributed by atoms with E-state index >= 15 is 0 Å². The molecule has 2 aromatic heterocycles. The van der Waals surface area contributed by atoms with Crippen molar-refractivity contribution in [2.75, 3.05) is 33.9 Å². The van der Waals surface area contributed by atoms with E-state index < -0.39 is 5.97 Å². The average molecular weight is 494 g/mol. The number of amides is 1. The number of esters is 1. The molecular formula is C26H27N3O7. The number of aromatic nitrogens is 2. The Labute approximate surface area is 208 Å². The van der Waals surface area contributed by atoms with Crippen molar-refractivity contribution in [3.63, 3.8) is 0 Å². The highest BCUT2D eigenvalue weighted by atomic mass is 16.5. The summed E-state index contributed by atoms with van der Waals surface area (Å²) >= 11 is 0.